The Bertz CT molecular complexity index is 500. The molecule has 0 aliphatic carbocycles. The molecule has 0 aromatic heterocycles. The third-order valence-corrected chi connectivity index (χ3v) is 4.65. The number of nitrogens with zero attached hydrogens (tertiary/aromatic N) is 2. The minimum absolute atomic E-state index is 0.0736. The predicted molar refractivity (Wildman–Crippen MR) is 92.6 cm³/mol. The van der Waals surface area contributed by atoms with Gasteiger partial charge in [0.1, 0.15) is 0 Å². The molecule has 1 N–H and O–H groups in total. The van der Waals surface area contributed by atoms with Crippen LogP contribution < -0.4 is 10.2 Å². The molecule has 0 spiro atoms. The number of benzene rings is 1. The fourth-order valence-corrected chi connectivity index (χ4v) is 2.86. The quantitative estimate of drug-likeness (QED) is 0.905. The van der Waals surface area contributed by atoms with E-state index in [1.807, 2.05) is 32.0 Å². The third kappa shape index (κ3) is 4.37. The Balaban J connectivity index is 1.87. The molecule has 122 valence electrons. The number of nitrogens with one attached hydrogen (secondary N) is 1. The van der Waals surface area contributed by atoms with Crippen molar-refractivity contribution in [3.8, 4) is 0 Å². The third-order valence-electron chi connectivity index (χ3n) is 4.42. The first-order chi connectivity index (χ1) is 10.5. The Kier molecular flexibility index (Phi) is 6.09. The normalized spacial score (nSPS) is 18.8. The van der Waals surface area contributed by atoms with Gasteiger partial charge in [-0.25, -0.2) is 0 Å². The molecular weight excluding hydrogens is 298 g/mol. The lowest BCUT2D eigenvalue weighted by atomic mass is 10.1. The summed E-state index contributed by atoms with van der Waals surface area (Å²) in [5.41, 5.74) is 1.16. The van der Waals surface area contributed by atoms with Gasteiger partial charge in [0.05, 0.1) is 6.04 Å². The second kappa shape index (κ2) is 7.84. The maximum absolute atomic E-state index is 12.2. The highest BCUT2D eigenvalue weighted by Crippen LogP contribution is 2.21. The van der Waals surface area contributed by atoms with E-state index in [0.29, 0.717) is 0 Å². The number of anilines is 1. The molecule has 1 heterocycles. The van der Waals surface area contributed by atoms with E-state index in [0.717, 1.165) is 43.3 Å². The van der Waals surface area contributed by atoms with Crippen LogP contribution in [0.3, 0.4) is 0 Å². The summed E-state index contributed by atoms with van der Waals surface area (Å²) < 4.78 is 0. The number of piperazine rings is 1. The van der Waals surface area contributed by atoms with E-state index >= 15 is 0 Å². The summed E-state index contributed by atoms with van der Waals surface area (Å²) in [5.74, 6) is 0.130. The van der Waals surface area contributed by atoms with E-state index in [4.69, 9.17) is 11.6 Å². The van der Waals surface area contributed by atoms with Crippen molar-refractivity contribution in [3.05, 3.63) is 29.3 Å². The Morgan fingerprint density at radius 1 is 1.27 bits per heavy atom. The van der Waals surface area contributed by atoms with Gasteiger partial charge in [-0.1, -0.05) is 24.6 Å². The van der Waals surface area contributed by atoms with Gasteiger partial charge in [-0.15, -0.1) is 0 Å². The minimum Gasteiger partial charge on any atom is -0.369 e. The van der Waals surface area contributed by atoms with Crippen LogP contribution in [0.4, 0.5) is 5.69 Å². The lowest BCUT2D eigenvalue weighted by molar-refractivity contribution is -0.126. The Hall–Kier alpha value is -1.26. The second-order valence-electron chi connectivity index (χ2n) is 6.00. The molecule has 1 saturated heterocycles. The molecule has 2 atom stereocenters. The molecule has 0 bridgehead atoms. The molecule has 22 heavy (non-hydrogen) atoms. The average Bonchev–Trinajstić information content (AvgIpc) is 2.54. The number of rotatable bonds is 5. The van der Waals surface area contributed by atoms with Crippen LogP contribution >= 0.6 is 11.6 Å². The van der Waals surface area contributed by atoms with Crippen molar-refractivity contribution < 1.29 is 4.79 Å². The maximum Gasteiger partial charge on any atom is 0.237 e. The highest BCUT2D eigenvalue weighted by molar-refractivity contribution is 6.30. The number of amides is 1. The predicted octanol–water partition coefficient (Wildman–Crippen LogP) is 2.77. The van der Waals surface area contributed by atoms with Gasteiger partial charge in [-0.05, 0) is 38.5 Å². The van der Waals surface area contributed by atoms with E-state index < -0.39 is 0 Å². The van der Waals surface area contributed by atoms with E-state index in [1.165, 1.54) is 0 Å². The molecule has 2 rings (SSSR count). The van der Waals surface area contributed by atoms with E-state index in [1.54, 1.807) is 0 Å². The Morgan fingerprint density at radius 2 is 1.95 bits per heavy atom. The monoisotopic (exact) mass is 323 g/mol. The van der Waals surface area contributed by atoms with Crippen molar-refractivity contribution in [3.63, 3.8) is 0 Å². The van der Waals surface area contributed by atoms with Crippen LogP contribution in [0.15, 0.2) is 24.3 Å². The largest absolute Gasteiger partial charge is 0.369 e. The summed E-state index contributed by atoms with van der Waals surface area (Å²) in [6.07, 6.45) is 0.959. The van der Waals surface area contributed by atoms with Crippen molar-refractivity contribution in [1.29, 1.82) is 0 Å². The van der Waals surface area contributed by atoms with Crippen LogP contribution in [0.1, 0.15) is 27.2 Å². The summed E-state index contributed by atoms with van der Waals surface area (Å²) in [6.45, 7) is 9.74. The topological polar surface area (TPSA) is 35.6 Å². The molecule has 1 aliphatic heterocycles. The highest BCUT2D eigenvalue weighted by atomic mass is 35.5. The first-order valence-electron chi connectivity index (χ1n) is 8.06. The smallest absolute Gasteiger partial charge is 0.237 e. The zero-order chi connectivity index (χ0) is 16.1. The summed E-state index contributed by atoms with van der Waals surface area (Å²) in [7, 11) is 0. The summed E-state index contributed by atoms with van der Waals surface area (Å²) >= 11 is 6.06. The van der Waals surface area contributed by atoms with Gasteiger partial charge < -0.3 is 10.2 Å². The minimum atomic E-state index is -0.0736. The van der Waals surface area contributed by atoms with Crippen LogP contribution in [0, 0.1) is 0 Å². The van der Waals surface area contributed by atoms with Crippen molar-refractivity contribution in [2.24, 2.45) is 0 Å². The van der Waals surface area contributed by atoms with E-state index in [-0.39, 0.29) is 18.0 Å². The van der Waals surface area contributed by atoms with Gasteiger partial charge >= 0.3 is 0 Å². The van der Waals surface area contributed by atoms with Gasteiger partial charge in [0.15, 0.2) is 0 Å². The van der Waals surface area contributed by atoms with E-state index in [2.05, 4.69) is 28.1 Å². The SMILES string of the molecule is CC[C@H](C)NC(=O)[C@H](C)N1CCN(c2cccc(Cl)c2)CC1. The number of hydrogen-bond acceptors (Lipinski definition) is 3. The zero-order valence-corrected chi connectivity index (χ0v) is 14.4. The molecule has 1 aliphatic rings. The molecule has 1 amide bonds. The molecule has 0 radical (unpaired) electrons. The van der Waals surface area contributed by atoms with Crippen molar-refractivity contribution in [2.45, 2.75) is 39.3 Å². The van der Waals surface area contributed by atoms with Gasteiger partial charge in [0, 0.05) is 42.9 Å². The van der Waals surface area contributed by atoms with Gasteiger partial charge in [-0.2, -0.15) is 0 Å². The standard InChI is InChI=1S/C17H26ClN3O/c1-4-13(2)19-17(22)14(3)20-8-10-21(11-9-20)16-7-5-6-15(18)12-16/h5-7,12-14H,4,8-11H2,1-3H3,(H,19,22)/t13-,14-/m0/s1. The van der Waals surface area contributed by atoms with Crippen molar-refractivity contribution in [2.75, 3.05) is 31.1 Å². The fraction of sp³-hybridized carbons (Fsp3) is 0.588. The van der Waals surface area contributed by atoms with Gasteiger partial charge in [0.2, 0.25) is 5.91 Å². The Labute approximate surface area is 138 Å². The molecule has 0 unspecified atom stereocenters. The number of carbonyl (C=O) groups excluding carboxylic acids is 1. The van der Waals surface area contributed by atoms with Crippen LogP contribution in [0.2, 0.25) is 5.02 Å². The molecule has 0 saturated carbocycles. The summed E-state index contributed by atoms with van der Waals surface area (Å²) in [4.78, 5) is 16.8. The maximum atomic E-state index is 12.2. The Morgan fingerprint density at radius 3 is 2.55 bits per heavy atom. The van der Waals surface area contributed by atoms with Gasteiger partial charge in [-0.3, -0.25) is 9.69 Å². The molecule has 1 fully saturated rings. The molecule has 5 heteroatoms. The zero-order valence-electron chi connectivity index (χ0n) is 13.7. The van der Waals surface area contributed by atoms with Crippen molar-refractivity contribution >= 4 is 23.2 Å². The fourth-order valence-electron chi connectivity index (χ4n) is 2.67. The van der Waals surface area contributed by atoms with E-state index in [9.17, 15) is 4.79 Å². The first kappa shape index (κ1) is 17.1. The molecule has 1 aromatic rings. The van der Waals surface area contributed by atoms with Gasteiger partial charge in [0.25, 0.3) is 0 Å². The van der Waals surface area contributed by atoms with Crippen LogP contribution in [-0.2, 0) is 4.79 Å². The van der Waals surface area contributed by atoms with Crippen molar-refractivity contribution in [1.82, 2.24) is 10.2 Å². The first-order valence-corrected chi connectivity index (χ1v) is 8.44. The summed E-state index contributed by atoms with van der Waals surface area (Å²) in [6, 6.07) is 8.12. The lowest BCUT2D eigenvalue weighted by Gasteiger charge is -2.38. The highest BCUT2D eigenvalue weighted by Gasteiger charge is 2.26. The lowest BCUT2D eigenvalue weighted by Crippen LogP contribution is -2.54. The van der Waals surface area contributed by atoms with Crippen LogP contribution in [0.25, 0.3) is 0 Å². The number of hydrogen-bond donors (Lipinski definition) is 1. The van der Waals surface area contributed by atoms with Crippen LogP contribution in [0.5, 0.6) is 0 Å². The summed E-state index contributed by atoms with van der Waals surface area (Å²) in [5, 5.41) is 3.83. The molecular formula is C17H26ClN3O. The molecule has 4 nitrogen and oxygen atoms in total. The second-order valence-corrected chi connectivity index (χ2v) is 6.43. The average molecular weight is 324 g/mol. The number of halogens is 1. The van der Waals surface area contributed by atoms with Crippen LogP contribution in [-0.4, -0.2) is 49.1 Å². The number of carbonyl (C=O) groups is 1. The molecule has 1 aromatic carbocycles.